The van der Waals surface area contributed by atoms with Crippen LogP contribution in [0.1, 0.15) is 18.9 Å². The molecular formula is C15H19FN2O4. The maximum absolute atomic E-state index is 14.3. The fourth-order valence-electron chi connectivity index (χ4n) is 2.47. The number of ether oxygens (including phenoxy) is 1. The summed E-state index contributed by atoms with van der Waals surface area (Å²) in [5.74, 6) is -1.38. The number of anilines is 2. The van der Waals surface area contributed by atoms with Gasteiger partial charge >= 0.3 is 5.97 Å². The molecule has 0 saturated heterocycles. The molecular weight excluding hydrogens is 291 g/mol. The molecule has 120 valence electrons. The van der Waals surface area contributed by atoms with Gasteiger partial charge in [0.15, 0.2) is 6.10 Å². The van der Waals surface area contributed by atoms with Crippen LogP contribution in [0.15, 0.2) is 12.1 Å². The zero-order valence-corrected chi connectivity index (χ0v) is 12.6. The van der Waals surface area contributed by atoms with Gasteiger partial charge in [-0.3, -0.25) is 4.79 Å². The summed E-state index contributed by atoms with van der Waals surface area (Å²) in [7, 11) is 1.18. The lowest BCUT2D eigenvalue weighted by Crippen LogP contribution is -2.29. The van der Waals surface area contributed by atoms with E-state index in [1.165, 1.54) is 18.1 Å². The number of fused-ring (bicyclic) bond motifs is 1. The summed E-state index contributed by atoms with van der Waals surface area (Å²) in [5, 5.41) is 12.3. The number of benzene rings is 1. The molecule has 1 amide bonds. The molecule has 0 aromatic heterocycles. The van der Waals surface area contributed by atoms with Crippen molar-refractivity contribution in [2.75, 3.05) is 30.4 Å². The fraction of sp³-hybridized carbons (Fsp3) is 0.467. The lowest BCUT2D eigenvalue weighted by molar-refractivity contribution is -0.149. The molecule has 1 aromatic rings. The minimum absolute atomic E-state index is 0.0997. The van der Waals surface area contributed by atoms with E-state index in [0.717, 1.165) is 6.42 Å². The van der Waals surface area contributed by atoms with Gasteiger partial charge in [-0.2, -0.15) is 0 Å². The monoisotopic (exact) mass is 310 g/mol. The summed E-state index contributed by atoms with van der Waals surface area (Å²) in [6.45, 7) is 2.31. The zero-order chi connectivity index (χ0) is 16.3. The quantitative estimate of drug-likeness (QED) is 0.769. The number of amides is 1. The molecule has 0 fully saturated rings. The van der Waals surface area contributed by atoms with Crippen LogP contribution in [0.2, 0.25) is 0 Å². The number of methoxy groups -OCH3 is 1. The minimum atomic E-state index is -1.33. The lowest BCUT2D eigenvalue weighted by atomic mass is 10.1. The van der Waals surface area contributed by atoms with E-state index < -0.39 is 17.9 Å². The van der Waals surface area contributed by atoms with Crippen molar-refractivity contribution in [2.24, 2.45) is 0 Å². The molecule has 0 saturated carbocycles. The Balaban J connectivity index is 2.14. The normalized spacial score (nSPS) is 14.7. The van der Waals surface area contributed by atoms with E-state index in [1.54, 1.807) is 6.07 Å². The number of carbonyl (C=O) groups excluding carboxylic acids is 2. The highest BCUT2D eigenvalue weighted by Gasteiger charge is 2.30. The Hall–Kier alpha value is -2.15. The smallest absolute Gasteiger partial charge is 0.336 e. The first-order chi connectivity index (χ1) is 10.5. The van der Waals surface area contributed by atoms with Gasteiger partial charge in [0.2, 0.25) is 5.91 Å². The summed E-state index contributed by atoms with van der Waals surface area (Å²) in [6.07, 6.45) is -0.434. The summed E-state index contributed by atoms with van der Waals surface area (Å²) in [6, 6.07) is 2.92. The number of aliphatic hydroxyl groups is 1. The first-order valence-electron chi connectivity index (χ1n) is 7.10. The van der Waals surface area contributed by atoms with Gasteiger partial charge in [0.25, 0.3) is 0 Å². The van der Waals surface area contributed by atoms with Crippen LogP contribution in [0.5, 0.6) is 0 Å². The van der Waals surface area contributed by atoms with E-state index in [9.17, 15) is 19.1 Å². The van der Waals surface area contributed by atoms with Crippen molar-refractivity contribution >= 4 is 23.3 Å². The van der Waals surface area contributed by atoms with Gasteiger partial charge in [-0.15, -0.1) is 0 Å². The van der Waals surface area contributed by atoms with Crippen molar-refractivity contribution in [3.05, 3.63) is 23.5 Å². The summed E-state index contributed by atoms with van der Waals surface area (Å²) < 4.78 is 18.7. The second-order valence-electron chi connectivity index (χ2n) is 5.11. The Kier molecular flexibility index (Phi) is 4.97. The molecule has 2 N–H and O–H groups in total. The number of nitrogens with one attached hydrogen (secondary N) is 1. The van der Waals surface area contributed by atoms with E-state index in [0.29, 0.717) is 23.5 Å². The van der Waals surface area contributed by atoms with Crippen molar-refractivity contribution in [3.8, 4) is 0 Å². The van der Waals surface area contributed by atoms with Gasteiger partial charge in [-0.05, 0) is 24.1 Å². The second kappa shape index (κ2) is 6.74. The van der Waals surface area contributed by atoms with Gasteiger partial charge in [0.05, 0.1) is 25.8 Å². The highest BCUT2D eigenvalue weighted by Crippen LogP contribution is 2.34. The van der Waals surface area contributed by atoms with Crippen LogP contribution in [-0.4, -0.2) is 43.3 Å². The molecule has 1 aliphatic rings. The standard InChI is InChI=1S/C15H19FN2O4/c1-3-4-18-13(20)6-9-5-10(7-11(16)14(9)18)17-8-12(19)15(21)22-2/h5,7,12,17,19H,3-4,6,8H2,1-2H3/t12-/m1/s1. The minimum Gasteiger partial charge on any atom is -0.467 e. The molecule has 1 aliphatic heterocycles. The van der Waals surface area contributed by atoms with Crippen molar-refractivity contribution in [3.63, 3.8) is 0 Å². The number of aliphatic hydroxyl groups excluding tert-OH is 1. The van der Waals surface area contributed by atoms with E-state index in [4.69, 9.17) is 0 Å². The van der Waals surface area contributed by atoms with E-state index in [2.05, 4.69) is 10.1 Å². The lowest BCUT2D eigenvalue weighted by Gasteiger charge is -2.18. The Bertz CT molecular complexity index is 591. The Morgan fingerprint density at radius 2 is 2.27 bits per heavy atom. The topological polar surface area (TPSA) is 78.9 Å². The maximum Gasteiger partial charge on any atom is 0.336 e. The van der Waals surface area contributed by atoms with Crippen LogP contribution in [0.25, 0.3) is 0 Å². The van der Waals surface area contributed by atoms with E-state index in [1.807, 2.05) is 6.92 Å². The van der Waals surface area contributed by atoms with Crippen LogP contribution < -0.4 is 10.2 Å². The zero-order valence-electron chi connectivity index (χ0n) is 12.6. The maximum atomic E-state index is 14.3. The van der Waals surface area contributed by atoms with Gasteiger partial charge in [0.1, 0.15) is 5.82 Å². The average Bonchev–Trinajstić information content (AvgIpc) is 2.80. The third-order valence-electron chi connectivity index (χ3n) is 3.48. The molecule has 0 unspecified atom stereocenters. The number of hydrogen-bond donors (Lipinski definition) is 2. The van der Waals surface area contributed by atoms with Gasteiger partial charge in [0, 0.05) is 12.2 Å². The fourth-order valence-corrected chi connectivity index (χ4v) is 2.47. The molecule has 0 spiro atoms. The largest absolute Gasteiger partial charge is 0.467 e. The van der Waals surface area contributed by atoms with Crippen molar-refractivity contribution in [2.45, 2.75) is 25.9 Å². The number of carbonyl (C=O) groups is 2. The number of rotatable bonds is 6. The van der Waals surface area contributed by atoms with Gasteiger partial charge in [-0.25, -0.2) is 9.18 Å². The Morgan fingerprint density at radius 1 is 1.55 bits per heavy atom. The second-order valence-corrected chi connectivity index (χ2v) is 5.11. The Morgan fingerprint density at radius 3 is 2.91 bits per heavy atom. The molecule has 1 heterocycles. The van der Waals surface area contributed by atoms with Crippen molar-refractivity contribution in [1.29, 1.82) is 0 Å². The van der Waals surface area contributed by atoms with Gasteiger partial charge in [-0.1, -0.05) is 6.92 Å². The molecule has 1 atom stereocenters. The van der Waals surface area contributed by atoms with Crippen molar-refractivity contribution < 1.29 is 23.8 Å². The molecule has 0 aliphatic carbocycles. The highest BCUT2D eigenvalue weighted by molar-refractivity contribution is 6.02. The predicted molar refractivity (Wildman–Crippen MR) is 79.3 cm³/mol. The number of esters is 1. The van der Waals surface area contributed by atoms with Crippen molar-refractivity contribution in [1.82, 2.24) is 0 Å². The Labute approximate surface area is 127 Å². The molecule has 22 heavy (non-hydrogen) atoms. The highest BCUT2D eigenvalue weighted by atomic mass is 19.1. The van der Waals surface area contributed by atoms with Crippen LogP contribution in [0.4, 0.5) is 15.8 Å². The SMILES string of the molecule is CCCN1C(=O)Cc2cc(NC[C@@H](O)C(=O)OC)cc(F)c21. The van der Waals surface area contributed by atoms with Gasteiger partial charge < -0.3 is 20.1 Å². The first kappa shape index (κ1) is 16.2. The summed E-state index contributed by atoms with van der Waals surface area (Å²) in [5.41, 5.74) is 1.34. The molecule has 1 aromatic carbocycles. The molecule has 0 radical (unpaired) electrons. The van der Waals surface area contributed by atoms with E-state index >= 15 is 0 Å². The molecule has 0 bridgehead atoms. The third-order valence-corrected chi connectivity index (χ3v) is 3.48. The average molecular weight is 310 g/mol. The van der Waals surface area contributed by atoms with Crippen LogP contribution in [-0.2, 0) is 20.7 Å². The molecule has 7 heteroatoms. The number of nitrogens with zero attached hydrogens (tertiary/aromatic N) is 1. The number of halogens is 1. The summed E-state index contributed by atoms with van der Waals surface area (Å²) in [4.78, 5) is 24.5. The molecule has 6 nitrogen and oxygen atoms in total. The summed E-state index contributed by atoms with van der Waals surface area (Å²) >= 11 is 0. The molecule has 2 rings (SSSR count). The van der Waals surface area contributed by atoms with Crippen LogP contribution >= 0.6 is 0 Å². The van der Waals surface area contributed by atoms with E-state index in [-0.39, 0.29) is 18.9 Å². The predicted octanol–water partition coefficient (Wildman–Crippen LogP) is 1.07. The third kappa shape index (κ3) is 3.19. The first-order valence-corrected chi connectivity index (χ1v) is 7.10. The van der Waals surface area contributed by atoms with Crippen LogP contribution in [0.3, 0.4) is 0 Å². The number of hydrogen-bond acceptors (Lipinski definition) is 5. The van der Waals surface area contributed by atoms with Crippen LogP contribution in [0, 0.1) is 5.82 Å².